The molecule has 1 rings (SSSR count). The van der Waals surface area contributed by atoms with Crippen molar-refractivity contribution >= 4 is 5.78 Å². The van der Waals surface area contributed by atoms with E-state index in [0.29, 0.717) is 17.6 Å². The summed E-state index contributed by atoms with van der Waals surface area (Å²) in [7, 11) is 0. The highest BCUT2D eigenvalue weighted by Gasteiger charge is 2.29. The lowest BCUT2D eigenvalue weighted by atomic mass is 9.73. The summed E-state index contributed by atoms with van der Waals surface area (Å²) >= 11 is 0. The van der Waals surface area contributed by atoms with Gasteiger partial charge in [0, 0.05) is 5.92 Å². The molecular formula is C11H18O. The van der Waals surface area contributed by atoms with Gasteiger partial charge >= 0.3 is 0 Å². The van der Waals surface area contributed by atoms with E-state index >= 15 is 0 Å². The van der Waals surface area contributed by atoms with Crippen molar-refractivity contribution in [2.75, 3.05) is 0 Å². The molecule has 0 aliphatic heterocycles. The smallest absolute Gasteiger partial charge is 0.133 e. The normalized spacial score (nSPS) is 35.1. The number of hydrogen-bond acceptors (Lipinski definition) is 1. The molecule has 0 fully saturated rings. The van der Waals surface area contributed by atoms with E-state index in [1.54, 1.807) is 6.92 Å². The van der Waals surface area contributed by atoms with Crippen molar-refractivity contribution in [3.05, 3.63) is 12.2 Å². The van der Waals surface area contributed by atoms with E-state index in [1.807, 2.05) is 0 Å². The van der Waals surface area contributed by atoms with E-state index < -0.39 is 0 Å². The first-order valence-corrected chi connectivity index (χ1v) is 4.84. The molecule has 0 heterocycles. The predicted octanol–water partition coefficient (Wildman–Crippen LogP) is 2.81. The van der Waals surface area contributed by atoms with E-state index in [9.17, 15) is 4.79 Å². The van der Waals surface area contributed by atoms with Crippen molar-refractivity contribution in [2.24, 2.45) is 17.8 Å². The van der Waals surface area contributed by atoms with Crippen molar-refractivity contribution in [1.82, 2.24) is 0 Å². The summed E-state index contributed by atoms with van der Waals surface area (Å²) in [5.74, 6) is 1.67. The zero-order valence-corrected chi connectivity index (χ0v) is 8.21. The lowest BCUT2D eigenvalue weighted by Gasteiger charge is -2.30. The number of Topliss-reactive ketones (excluding diaryl/α,β-unsaturated/α-hetero) is 1. The van der Waals surface area contributed by atoms with Crippen molar-refractivity contribution in [2.45, 2.75) is 33.6 Å². The minimum absolute atomic E-state index is 0.278. The highest BCUT2D eigenvalue weighted by molar-refractivity contribution is 5.79. The minimum atomic E-state index is 0.278. The van der Waals surface area contributed by atoms with E-state index in [-0.39, 0.29) is 5.92 Å². The summed E-state index contributed by atoms with van der Waals surface area (Å²) in [6, 6.07) is 0. The van der Waals surface area contributed by atoms with Crippen LogP contribution >= 0.6 is 0 Å². The topological polar surface area (TPSA) is 17.1 Å². The fourth-order valence-corrected chi connectivity index (χ4v) is 2.29. The Balaban J connectivity index is 2.76. The molecule has 0 unspecified atom stereocenters. The fraction of sp³-hybridized carbons (Fsp3) is 0.727. The van der Waals surface area contributed by atoms with Crippen LogP contribution in [0, 0.1) is 17.8 Å². The molecule has 0 aromatic carbocycles. The average Bonchev–Trinajstić information content (AvgIpc) is 2.03. The summed E-state index contributed by atoms with van der Waals surface area (Å²) in [5, 5.41) is 0. The van der Waals surface area contributed by atoms with Gasteiger partial charge in [-0.05, 0) is 25.2 Å². The Kier molecular flexibility index (Phi) is 3.07. The van der Waals surface area contributed by atoms with E-state index in [0.717, 1.165) is 12.8 Å². The lowest BCUT2D eigenvalue weighted by Crippen LogP contribution is -2.29. The van der Waals surface area contributed by atoms with Crippen LogP contribution in [0.5, 0.6) is 0 Å². The quantitative estimate of drug-likeness (QED) is 0.576. The molecule has 0 N–H and O–H groups in total. The van der Waals surface area contributed by atoms with Crippen LogP contribution in [0.25, 0.3) is 0 Å². The Labute approximate surface area is 74.9 Å². The maximum Gasteiger partial charge on any atom is 0.133 e. The largest absolute Gasteiger partial charge is 0.300 e. The summed E-state index contributed by atoms with van der Waals surface area (Å²) in [5.41, 5.74) is 0. The molecule has 0 saturated carbocycles. The van der Waals surface area contributed by atoms with Crippen LogP contribution in [0.15, 0.2) is 12.2 Å². The van der Waals surface area contributed by atoms with Crippen molar-refractivity contribution in [1.29, 1.82) is 0 Å². The average molecular weight is 166 g/mol. The van der Waals surface area contributed by atoms with Crippen LogP contribution in [-0.4, -0.2) is 5.78 Å². The fourth-order valence-electron chi connectivity index (χ4n) is 2.29. The van der Waals surface area contributed by atoms with Gasteiger partial charge in [-0.15, -0.1) is 0 Å². The first-order valence-electron chi connectivity index (χ1n) is 4.84. The standard InChI is InChI=1S/C11H18O/c1-4-10-7-5-6-8(2)11(10)9(3)12/h5-6,8,10-11H,4,7H2,1-3H3/t8-,10-,11+/m0/s1. The van der Waals surface area contributed by atoms with Gasteiger partial charge in [0.1, 0.15) is 5.78 Å². The van der Waals surface area contributed by atoms with Crippen molar-refractivity contribution in [3.8, 4) is 0 Å². The highest BCUT2D eigenvalue weighted by Crippen LogP contribution is 2.32. The zero-order valence-electron chi connectivity index (χ0n) is 8.21. The number of hydrogen-bond donors (Lipinski definition) is 0. The van der Waals surface area contributed by atoms with Gasteiger partial charge in [-0.1, -0.05) is 32.4 Å². The molecule has 1 heteroatoms. The SMILES string of the molecule is CC[C@H]1CC=C[C@H](C)[C@@H]1C(C)=O. The third-order valence-corrected chi connectivity index (χ3v) is 2.95. The molecule has 0 aromatic heterocycles. The van der Waals surface area contributed by atoms with E-state index in [2.05, 4.69) is 26.0 Å². The molecular weight excluding hydrogens is 148 g/mol. The Morgan fingerprint density at radius 2 is 2.25 bits per heavy atom. The number of carbonyl (C=O) groups is 1. The third kappa shape index (κ3) is 1.77. The van der Waals surface area contributed by atoms with Gasteiger partial charge in [-0.2, -0.15) is 0 Å². The second-order valence-electron chi connectivity index (χ2n) is 3.83. The predicted molar refractivity (Wildman–Crippen MR) is 50.9 cm³/mol. The van der Waals surface area contributed by atoms with Crippen molar-refractivity contribution in [3.63, 3.8) is 0 Å². The second-order valence-corrected chi connectivity index (χ2v) is 3.83. The number of carbonyl (C=O) groups excluding carboxylic acids is 1. The second kappa shape index (κ2) is 3.88. The first-order chi connectivity index (χ1) is 5.66. The minimum Gasteiger partial charge on any atom is -0.300 e. The number of rotatable bonds is 2. The Bertz CT molecular complexity index is 193. The summed E-state index contributed by atoms with van der Waals surface area (Å²) in [6.45, 7) is 6.04. The number of ketones is 1. The summed E-state index contributed by atoms with van der Waals surface area (Å²) < 4.78 is 0. The number of allylic oxidation sites excluding steroid dienone is 2. The molecule has 1 aliphatic rings. The highest BCUT2D eigenvalue weighted by atomic mass is 16.1. The van der Waals surface area contributed by atoms with Gasteiger partial charge in [0.05, 0.1) is 0 Å². The first kappa shape index (κ1) is 9.50. The van der Waals surface area contributed by atoms with Crippen LogP contribution in [0.3, 0.4) is 0 Å². The molecule has 0 radical (unpaired) electrons. The molecule has 0 aromatic rings. The monoisotopic (exact) mass is 166 g/mol. The molecule has 0 amide bonds. The molecule has 0 bridgehead atoms. The zero-order chi connectivity index (χ0) is 9.14. The van der Waals surface area contributed by atoms with E-state index in [1.165, 1.54) is 0 Å². The van der Waals surface area contributed by atoms with Gasteiger partial charge in [0.25, 0.3) is 0 Å². The summed E-state index contributed by atoms with van der Waals surface area (Å²) in [6.07, 6.45) is 6.61. The van der Waals surface area contributed by atoms with Crippen LogP contribution < -0.4 is 0 Å². The van der Waals surface area contributed by atoms with Crippen LogP contribution in [-0.2, 0) is 4.79 Å². The van der Waals surface area contributed by atoms with Crippen molar-refractivity contribution < 1.29 is 4.79 Å². The van der Waals surface area contributed by atoms with E-state index in [4.69, 9.17) is 0 Å². The molecule has 0 saturated heterocycles. The van der Waals surface area contributed by atoms with Gasteiger partial charge in [-0.3, -0.25) is 4.79 Å². The van der Waals surface area contributed by atoms with Crippen LogP contribution in [0.4, 0.5) is 0 Å². The van der Waals surface area contributed by atoms with Gasteiger partial charge in [0.15, 0.2) is 0 Å². The Hall–Kier alpha value is -0.590. The van der Waals surface area contributed by atoms with Gasteiger partial charge < -0.3 is 0 Å². The third-order valence-electron chi connectivity index (χ3n) is 2.95. The molecule has 1 nitrogen and oxygen atoms in total. The lowest BCUT2D eigenvalue weighted by molar-refractivity contribution is -0.123. The maximum absolute atomic E-state index is 11.3. The molecule has 1 aliphatic carbocycles. The van der Waals surface area contributed by atoms with Gasteiger partial charge in [-0.25, -0.2) is 0 Å². The van der Waals surface area contributed by atoms with Crippen LogP contribution in [0.2, 0.25) is 0 Å². The molecule has 0 spiro atoms. The molecule has 12 heavy (non-hydrogen) atoms. The maximum atomic E-state index is 11.3. The molecule has 3 atom stereocenters. The van der Waals surface area contributed by atoms with Gasteiger partial charge in [0.2, 0.25) is 0 Å². The Morgan fingerprint density at radius 3 is 2.67 bits per heavy atom. The Morgan fingerprint density at radius 1 is 1.58 bits per heavy atom. The molecule has 68 valence electrons. The van der Waals surface area contributed by atoms with Crippen LogP contribution in [0.1, 0.15) is 33.6 Å². The summed E-state index contributed by atoms with van der Waals surface area (Å²) in [4.78, 5) is 11.3.